The lowest BCUT2D eigenvalue weighted by atomic mass is 10.1. The average Bonchev–Trinajstić information content (AvgIpc) is 2.69. The van der Waals surface area contributed by atoms with Gasteiger partial charge >= 0.3 is 0 Å². The second-order valence-corrected chi connectivity index (χ2v) is 6.12. The summed E-state index contributed by atoms with van der Waals surface area (Å²) in [5, 5.41) is 2.63. The van der Waals surface area contributed by atoms with Crippen LogP contribution in [0.1, 0.15) is 11.1 Å². The summed E-state index contributed by atoms with van der Waals surface area (Å²) in [6.45, 7) is 0.500. The Bertz CT molecular complexity index is 963. The predicted octanol–water partition coefficient (Wildman–Crippen LogP) is 2.32. The van der Waals surface area contributed by atoms with Gasteiger partial charge in [0.15, 0.2) is 0 Å². The first-order chi connectivity index (χ1) is 13.2. The van der Waals surface area contributed by atoms with Crippen molar-refractivity contribution in [2.45, 2.75) is 13.0 Å². The van der Waals surface area contributed by atoms with E-state index in [2.05, 4.69) is 10.3 Å². The Morgan fingerprint density at radius 2 is 1.44 bits per heavy atom. The van der Waals surface area contributed by atoms with E-state index in [-0.39, 0.29) is 24.8 Å². The summed E-state index contributed by atoms with van der Waals surface area (Å²) in [7, 11) is 0. The Hall–Kier alpha value is -3.47. The third-order valence-electron chi connectivity index (χ3n) is 4.00. The summed E-state index contributed by atoms with van der Waals surface area (Å²) in [5.74, 6) is -0.584. The van der Waals surface area contributed by atoms with Gasteiger partial charge in [0.2, 0.25) is 5.91 Å². The van der Waals surface area contributed by atoms with Gasteiger partial charge in [-0.05, 0) is 23.3 Å². The van der Waals surface area contributed by atoms with Gasteiger partial charge in [-0.25, -0.2) is 0 Å². The highest BCUT2D eigenvalue weighted by Crippen LogP contribution is 2.00. The molecule has 1 N–H and O–H groups in total. The molecule has 0 unspecified atom stereocenters. The first-order valence-electron chi connectivity index (χ1n) is 8.78. The maximum Gasteiger partial charge on any atom is 0.267 e. The largest absolute Gasteiger partial charge is 0.347 e. The van der Waals surface area contributed by atoms with Gasteiger partial charge in [-0.15, -0.1) is 0 Å². The molecule has 3 rings (SSSR count). The number of aromatic nitrogens is 1. The number of hydrogen-bond donors (Lipinski definition) is 1. The van der Waals surface area contributed by atoms with Gasteiger partial charge in [-0.1, -0.05) is 66.7 Å². The van der Waals surface area contributed by atoms with E-state index in [0.717, 1.165) is 11.1 Å². The van der Waals surface area contributed by atoms with Crippen molar-refractivity contribution < 1.29 is 9.59 Å². The normalized spacial score (nSPS) is 11.2. The fraction of sp³-hybridized carbons (Fsp3) is 0.136. The molecule has 2 aromatic carbocycles. The molecule has 27 heavy (non-hydrogen) atoms. The molecule has 0 saturated carbocycles. The number of rotatable bonds is 6. The Kier molecular flexibility index (Phi) is 6.30. The quantitative estimate of drug-likeness (QED) is 0.734. The smallest absolute Gasteiger partial charge is 0.267 e. The number of hydrogen-bond acceptors (Lipinski definition) is 2. The van der Waals surface area contributed by atoms with Crippen molar-refractivity contribution in [1.29, 1.82) is 0 Å². The Balaban J connectivity index is 1.62. The van der Waals surface area contributed by atoms with Crippen molar-refractivity contribution in [3.63, 3.8) is 0 Å². The van der Waals surface area contributed by atoms with E-state index in [4.69, 9.17) is 0 Å². The van der Waals surface area contributed by atoms with Crippen molar-refractivity contribution in [2.24, 2.45) is 4.99 Å². The Labute approximate surface area is 158 Å². The van der Waals surface area contributed by atoms with Crippen LogP contribution in [-0.2, 0) is 22.6 Å². The van der Waals surface area contributed by atoms with Crippen LogP contribution in [0.25, 0.3) is 0 Å². The molecule has 0 atom stereocenters. The minimum Gasteiger partial charge on any atom is -0.347 e. The summed E-state index contributed by atoms with van der Waals surface area (Å²) >= 11 is 0. The highest BCUT2D eigenvalue weighted by molar-refractivity contribution is 5.86. The van der Waals surface area contributed by atoms with E-state index in [0.29, 0.717) is 12.0 Å². The van der Waals surface area contributed by atoms with Crippen LogP contribution in [0.15, 0.2) is 90.1 Å². The van der Waals surface area contributed by atoms with E-state index in [1.165, 1.54) is 0 Å². The molecule has 0 aliphatic carbocycles. The van der Waals surface area contributed by atoms with Gasteiger partial charge in [0.25, 0.3) is 5.91 Å². The van der Waals surface area contributed by atoms with Gasteiger partial charge in [-0.3, -0.25) is 9.59 Å². The number of amides is 2. The minimum absolute atomic E-state index is 0.119. The zero-order valence-electron chi connectivity index (χ0n) is 14.9. The summed E-state index contributed by atoms with van der Waals surface area (Å²) in [5.41, 5.74) is 2.58. The number of nitrogens with zero attached hydrogens (tertiary/aromatic N) is 2. The molecule has 0 aliphatic rings. The molecule has 0 fully saturated rings. The lowest BCUT2D eigenvalue weighted by molar-refractivity contribution is -0.124. The molecule has 5 nitrogen and oxygen atoms in total. The summed E-state index contributed by atoms with van der Waals surface area (Å²) in [6.07, 6.45) is 2.13. The predicted molar refractivity (Wildman–Crippen MR) is 104 cm³/mol. The van der Waals surface area contributed by atoms with Crippen molar-refractivity contribution in [3.05, 3.63) is 102 Å². The minimum atomic E-state index is -0.385. The van der Waals surface area contributed by atoms with Crippen LogP contribution >= 0.6 is 0 Å². The van der Waals surface area contributed by atoms with Crippen LogP contribution in [0.2, 0.25) is 0 Å². The zero-order chi connectivity index (χ0) is 18.9. The fourth-order valence-electron chi connectivity index (χ4n) is 2.67. The second-order valence-electron chi connectivity index (χ2n) is 6.12. The summed E-state index contributed by atoms with van der Waals surface area (Å²) in [4.78, 5) is 28.3. The first kappa shape index (κ1) is 18.3. The molecule has 0 spiro atoms. The van der Waals surface area contributed by atoms with Crippen LogP contribution < -0.4 is 10.8 Å². The third-order valence-corrected chi connectivity index (χ3v) is 4.00. The molecular weight excluding hydrogens is 338 g/mol. The van der Waals surface area contributed by atoms with Gasteiger partial charge in [-0.2, -0.15) is 4.99 Å². The fourth-order valence-corrected chi connectivity index (χ4v) is 2.67. The van der Waals surface area contributed by atoms with Crippen molar-refractivity contribution in [1.82, 2.24) is 9.88 Å². The Morgan fingerprint density at radius 3 is 2.15 bits per heavy atom. The monoisotopic (exact) mass is 359 g/mol. The van der Waals surface area contributed by atoms with Crippen LogP contribution in [0.4, 0.5) is 0 Å². The summed E-state index contributed by atoms with van der Waals surface area (Å²) in [6, 6.07) is 24.9. The molecule has 136 valence electrons. The molecule has 1 aromatic heterocycles. The summed E-state index contributed by atoms with van der Waals surface area (Å²) < 4.78 is 1.90. The zero-order valence-corrected chi connectivity index (χ0v) is 14.9. The molecule has 1 heterocycles. The highest BCUT2D eigenvalue weighted by atomic mass is 16.2. The van der Waals surface area contributed by atoms with Crippen molar-refractivity contribution in [2.75, 3.05) is 6.54 Å². The standard InChI is InChI=1S/C22H21N3O2/c26-21(15-18-9-3-1-4-10-18)23-16-22(27)24-20-13-7-8-14-25(20)17-19-11-5-2-6-12-19/h1-14H,15-17H2,(H,23,26). The Morgan fingerprint density at radius 1 is 0.815 bits per heavy atom. The van der Waals surface area contributed by atoms with Crippen LogP contribution in [0, 0.1) is 0 Å². The van der Waals surface area contributed by atoms with Gasteiger partial charge in [0, 0.05) is 12.7 Å². The first-order valence-corrected chi connectivity index (χ1v) is 8.78. The molecule has 0 radical (unpaired) electrons. The second kappa shape index (κ2) is 9.29. The third kappa shape index (κ3) is 5.78. The van der Waals surface area contributed by atoms with E-state index in [1.54, 1.807) is 6.07 Å². The number of benzene rings is 2. The molecular formula is C22H21N3O2. The maximum atomic E-state index is 12.2. The average molecular weight is 359 g/mol. The van der Waals surface area contributed by atoms with Gasteiger partial charge in [0.1, 0.15) is 5.49 Å². The molecule has 0 bridgehead atoms. The lowest BCUT2D eigenvalue weighted by Gasteiger charge is -2.07. The van der Waals surface area contributed by atoms with E-state index in [9.17, 15) is 9.59 Å². The van der Waals surface area contributed by atoms with Gasteiger partial charge in [0.05, 0.1) is 13.0 Å². The van der Waals surface area contributed by atoms with Crippen molar-refractivity contribution in [3.8, 4) is 0 Å². The van der Waals surface area contributed by atoms with E-state index < -0.39 is 0 Å². The van der Waals surface area contributed by atoms with Crippen molar-refractivity contribution >= 4 is 11.8 Å². The number of carbonyl (C=O) groups is 2. The van der Waals surface area contributed by atoms with Gasteiger partial charge < -0.3 is 9.88 Å². The number of nitrogens with one attached hydrogen (secondary N) is 1. The molecule has 2 amide bonds. The number of pyridine rings is 1. The SMILES string of the molecule is O=C(CNC(=O)Cc1ccccc1)N=c1ccccn1Cc1ccccc1. The number of carbonyl (C=O) groups excluding carboxylic acids is 2. The van der Waals surface area contributed by atoms with Crippen LogP contribution in [0.3, 0.4) is 0 Å². The molecule has 0 saturated heterocycles. The molecule has 5 heteroatoms. The van der Waals surface area contributed by atoms with Crippen LogP contribution in [-0.4, -0.2) is 22.9 Å². The topological polar surface area (TPSA) is 63.5 Å². The van der Waals surface area contributed by atoms with Crippen LogP contribution in [0.5, 0.6) is 0 Å². The molecule has 0 aliphatic heterocycles. The molecule has 3 aromatic rings. The van der Waals surface area contributed by atoms with E-state index in [1.807, 2.05) is 83.6 Å². The highest BCUT2D eigenvalue weighted by Gasteiger charge is 2.06. The van der Waals surface area contributed by atoms with E-state index >= 15 is 0 Å². The lowest BCUT2D eigenvalue weighted by Crippen LogP contribution is -2.31. The maximum absolute atomic E-state index is 12.2.